The van der Waals surface area contributed by atoms with Gasteiger partial charge in [-0.25, -0.2) is 0 Å². The Morgan fingerprint density at radius 3 is 2.64 bits per heavy atom. The Bertz CT molecular complexity index is 315. The predicted octanol–water partition coefficient (Wildman–Crippen LogP) is 2.97. The number of halogens is 1. The molecule has 0 aliphatic carbocycles. The van der Waals surface area contributed by atoms with Crippen molar-refractivity contribution in [1.82, 2.24) is 5.32 Å². The number of rotatable bonds is 1. The van der Waals surface area contributed by atoms with Crippen molar-refractivity contribution in [2.45, 2.75) is 19.8 Å². The molecule has 0 aromatic heterocycles. The minimum Gasteiger partial charge on any atom is -0.316 e. The standard InChI is InChI=1S/C12H16ClN/c1-8-3-10(5-11(13)4-8)12-7-14-6-9(12)2/h3-5,9,12,14H,6-7H2,1-2H3. The maximum Gasteiger partial charge on any atom is 0.0411 e. The van der Waals surface area contributed by atoms with E-state index in [1.54, 1.807) is 0 Å². The molecule has 2 unspecified atom stereocenters. The Balaban J connectivity index is 2.31. The average Bonchev–Trinajstić information content (AvgIpc) is 2.49. The van der Waals surface area contributed by atoms with E-state index in [-0.39, 0.29) is 0 Å². The van der Waals surface area contributed by atoms with Crippen molar-refractivity contribution in [2.24, 2.45) is 5.92 Å². The molecule has 1 aromatic carbocycles. The average molecular weight is 210 g/mol. The molecule has 1 heterocycles. The summed E-state index contributed by atoms with van der Waals surface area (Å²) < 4.78 is 0. The lowest BCUT2D eigenvalue weighted by Gasteiger charge is -2.15. The first-order valence-corrected chi connectivity index (χ1v) is 5.52. The lowest BCUT2D eigenvalue weighted by molar-refractivity contribution is 0.572. The maximum atomic E-state index is 6.06. The third-order valence-electron chi connectivity index (χ3n) is 3.01. The van der Waals surface area contributed by atoms with Crippen LogP contribution in [0.25, 0.3) is 0 Å². The highest BCUT2D eigenvalue weighted by atomic mass is 35.5. The molecule has 1 aromatic rings. The normalized spacial score (nSPS) is 26.8. The molecule has 1 saturated heterocycles. The monoisotopic (exact) mass is 209 g/mol. The van der Waals surface area contributed by atoms with E-state index in [0.717, 1.165) is 18.1 Å². The summed E-state index contributed by atoms with van der Waals surface area (Å²) in [5.41, 5.74) is 2.64. The second-order valence-electron chi connectivity index (χ2n) is 4.30. The number of hydrogen-bond acceptors (Lipinski definition) is 1. The number of aryl methyl sites for hydroxylation is 1. The van der Waals surface area contributed by atoms with E-state index in [4.69, 9.17) is 11.6 Å². The van der Waals surface area contributed by atoms with Crippen LogP contribution in [0.3, 0.4) is 0 Å². The lowest BCUT2D eigenvalue weighted by Crippen LogP contribution is -2.08. The van der Waals surface area contributed by atoms with Crippen LogP contribution in [0.1, 0.15) is 24.0 Å². The second-order valence-corrected chi connectivity index (χ2v) is 4.74. The van der Waals surface area contributed by atoms with E-state index in [9.17, 15) is 0 Å². The fourth-order valence-corrected chi connectivity index (χ4v) is 2.53. The van der Waals surface area contributed by atoms with Crippen molar-refractivity contribution in [1.29, 1.82) is 0 Å². The van der Waals surface area contributed by atoms with Crippen LogP contribution in [0, 0.1) is 12.8 Å². The summed E-state index contributed by atoms with van der Waals surface area (Å²) in [5, 5.41) is 4.28. The Morgan fingerprint density at radius 2 is 2.07 bits per heavy atom. The molecule has 0 bridgehead atoms. The topological polar surface area (TPSA) is 12.0 Å². The molecule has 0 spiro atoms. The summed E-state index contributed by atoms with van der Waals surface area (Å²) in [5.74, 6) is 1.35. The zero-order valence-electron chi connectivity index (χ0n) is 8.68. The van der Waals surface area contributed by atoms with Crippen LogP contribution >= 0.6 is 11.6 Å². The zero-order valence-corrected chi connectivity index (χ0v) is 9.43. The van der Waals surface area contributed by atoms with Gasteiger partial charge < -0.3 is 5.32 Å². The van der Waals surface area contributed by atoms with Gasteiger partial charge in [0.1, 0.15) is 0 Å². The second kappa shape index (κ2) is 3.92. The molecule has 0 saturated carbocycles. The summed E-state index contributed by atoms with van der Waals surface area (Å²) in [6.07, 6.45) is 0. The summed E-state index contributed by atoms with van der Waals surface area (Å²) in [6.45, 7) is 6.60. The van der Waals surface area contributed by atoms with Gasteiger partial charge in [-0.15, -0.1) is 0 Å². The van der Waals surface area contributed by atoms with Crippen LogP contribution in [-0.2, 0) is 0 Å². The van der Waals surface area contributed by atoms with Crippen LogP contribution < -0.4 is 5.32 Å². The molecular formula is C12H16ClN. The molecule has 76 valence electrons. The van der Waals surface area contributed by atoms with Crippen molar-refractivity contribution >= 4 is 11.6 Å². The van der Waals surface area contributed by atoms with Gasteiger partial charge in [0.25, 0.3) is 0 Å². The summed E-state index contributed by atoms with van der Waals surface area (Å²) in [6, 6.07) is 6.36. The van der Waals surface area contributed by atoms with E-state index in [1.165, 1.54) is 11.1 Å². The minimum atomic E-state index is 0.632. The number of nitrogens with one attached hydrogen (secondary N) is 1. The molecule has 1 N–H and O–H groups in total. The van der Waals surface area contributed by atoms with Crippen molar-refractivity contribution < 1.29 is 0 Å². The first-order chi connectivity index (χ1) is 6.66. The van der Waals surface area contributed by atoms with Gasteiger partial charge in [-0.2, -0.15) is 0 Å². The highest BCUT2D eigenvalue weighted by molar-refractivity contribution is 6.30. The highest BCUT2D eigenvalue weighted by Gasteiger charge is 2.24. The maximum absolute atomic E-state index is 6.06. The lowest BCUT2D eigenvalue weighted by atomic mass is 9.89. The molecule has 1 nitrogen and oxygen atoms in total. The van der Waals surface area contributed by atoms with Crippen LogP contribution in [0.4, 0.5) is 0 Å². The Hall–Kier alpha value is -0.530. The van der Waals surface area contributed by atoms with Crippen LogP contribution in [0.5, 0.6) is 0 Å². The predicted molar refractivity (Wildman–Crippen MR) is 61.0 cm³/mol. The van der Waals surface area contributed by atoms with Gasteiger partial charge in [0.2, 0.25) is 0 Å². The van der Waals surface area contributed by atoms with Crippen LogP contribution in [-0.4, -0.2) is 13.1 Å². The fourth-order valence-electron chi connectivity index (χ4n) is 2.24. The number of hydrogen-bond donors (Lipinski definition) is 1. The first-order valence-electron chi connectivity index (χ1n) is 5.14. The van der Waals surface area contributed by atoms with Gasteiger partial charge in [-0.1, -0.05) is 24.6 Å². The van der Waals surface area contributed by atoms with E-state index < -0.39 is 0 Å². The summed E-state index contributed by atoms with van der Waals surface area (Å²) in [7, 11) is 0. The Morgan fingerprint density at radius 1 is 1.29 bits per heavy atom. The van der Waals surface area contributed by atoms with Crippen LogP contribution in [0.2, 0.25) is 5.02 Å². The SMILES string of the molecule is Cc1cc(Cl)cc(C2CNCC2C)c1. The quantitative estimate of drug-likeness (QED) is 0.750. The van der Waals surface area contributed by atoms with Gasteiger partial charge in [-0.3, -0.25) is 0 Å². The van der Waals surface area contributed by atoms with Gasteiger partial charge >= 0.3 is 0 Å². The largest absolute Gasteiger partial charge is 0.316 e. The summed E-state index contributed by atoms with van der Waals surface area (Å²) in [4.78, 5) is 0. The smallest absolute Gasteiger partial charge is 0.0411 e. The first kappa shape index (κ1) is 10.0. The molecule has 2 heteroatoms. The molecule has 2 atom stereocenters. The van der Waals surface area contributed by atoms with E-state index in [1.807, 2.05) is 6.07 Å². The molecule has 0 radical (unpaired) electrons. The summed E-state index contributed by atoms with van der Waals surface area (Å²) >= 11 is 6.06. The molecule has 1 aliphatic heterocycles. The van der Waals surface area contributed by atoms with Gasteiger partial charge in [0.05, 0.1) is 0 Å². The molecule has 2 rings (SSSR count). The van der Waals surface area contributed by atoms with E-state index >= 15 is 0 Å². The molecule has 14 heavy (non-hydrogen) atoms. The van der Waals surface area contributed by atoms with Crippen molar-refractivity contribution in [2.75, 3.05) is 13.1 Å². The molecule has 1 aliphatic rings. The molecular weight excluding hydrogens is 194 g/mol. The van der Waals surface area contributed by atoms with Gasteiger partial charge in [0, 0.05) is 17.5 Å². The third kappa shape index (κ3) is 1.94. The van der Waals surface area contributed by atoms with Gasteiger partial charge in [-0.05, 0) is 42.6 Å². The van der Waals surface area contributed by atoms with Crippen molar-refractivity contribution in [3.63, 3.8) is 0 Å². The van der Waals surface area contributed by atoms with Gasteiger partial charge in [0.15, 0.2) is 0 Å². The third-order valence-corrected chi connectivity index (χ3v) is 3.23. The Labute approximate surface area is 90.5 Å². The van der Waals surface area contributed by atoms with E-state index in [2.05, 4.69) is 31.3 Å². The van der Waals surface area contributed by atoms with E-state index in [0.29, 0.717) is 11.8 Å². The fraction of sp³-hybridized carbons (Fsp3) is 0.500. The van der Waals surface area contributed by atoms with Crippen LogP contribution in [0.15, 0.2) is 18.2 Å². The van der Waals surface area contributed by atoms with Crippen molar-refractivity contribution in [3.8, 4) is 0 Å². The Kier molecular flexibility index (Phi) is 2.80. The molecule has 1 fully saturated rings. The highest BCUT2D eigenvalue weighted by Crippen LogP contribution is 2.29. The number of benzene rings is 1. The minimum absolute atomic E-state index is 0.632. The zero-order chi connectivity index (χ0) is 10.1. The van der Waals surface area contributed by atoms with Crippen molar-refractivity contribution in [3.05, 3.63) is 34.3 Å². The molecule has 0 amide bonds.